The van der Waals surface area contributed by atoms with Crippen LogP contribution >= 0.6 is 0 Å². The van der Waals surface area contributed by atoms with Gasteiger partial charge in [0.1, 0.15) is 12.7 Å². The van der Waals surface area contributed by atoms with E-state index in [4.69, 9.17) is 47.4 Å². The maximum atomic E-state index is 14.0. The van der Waals surface area contributed by atoms with Crippen LogP contribution in [0.1, 0.15) is 82.0 Å². The Hall–Kier alpha value is -3.82. The molecular formula is C44H63NO17. The highest BCUT2D eigenvalue weighted by atomic mass is 16.7. The smallest absolute Gasteiger partial charge is 0.339 e. The molecule has 5 rings (SSSR count). The molecule has 4 N–H and O–H groups in total. The van der Waals surface area contributed by atoms with Crippen molar-refractivity contribution >= 4 is 29.5 Å². The van der Waals surface area contributed by atoms with Gasteiger partial charge in [0.25, 0.3) is 0 Å². The number of methoxy groups -OCH3 is 2. The molecule has 6 bridgehead atoms. The van der Waals surface area contributed by atoms with Crippen LogP contribution in [0.4, 0.5) is 5.69 Å². The highest BCUT2D eigenvalue weighted by Crippen LogP contribution is 2.47. The molecule has 3 saturated heterocycles. The summed E-state index contributed by atoms with van der Waals surface area (Å²) in [6.07, 6.45) is 1.37. The predicted octanol–water partition coefficient (Wildman–Crippen LogP) is 2.90. The molecule has 0 aromatic heterocycles. The number of esters is 3. The molecule has 62 heavy (non-hydrogen) atoms. The van der Waals surface area contributed by atoms with Crippen molar-refractivity contribution in [2.24, 2.45) is 5.41 Å². The van der Waals surface area contributed by atoms with Gasteiger partial charge < -0.3 is 68.0 Å². The van der Waals surface area contributed by atoms with Crippen LogP contribution in [0.2, 0.25) is 0 Å². The Morgan fingerprint density at radius 3 is 2.44 bits per heavy atom. The number of anilines is 1. The minimum absolute atomic E-state index is 0.00332. The first-order valence-corrected chi connectivity index (χ1v) is 21.3. The summed E-state index contributed by atoms with van der Waals surface area (Å²) < 4.78 is 57.3. The number of carbonyl (C=O) groups is 4. The Balaban J connectivity index is 1.42. The monoisotopic (exact) mass is 877 g/mol. The number of hydrogen-bond donors (Lipinski definition) is 4. The quantitative estimate of drug-likeness (QED) is 0.0734. The summed E-state index contributed by atoms with van der Waals surface area (Å²) in [7, 11) is 2.73. The van der Waals surface area contributed by atoms with Crippen molar-refractivity contribution in [2.75, 3.05) is 65.8 Å². The van der Waals surface area contributed by atoms with E-state index in [1.54, 1.807) is 39.2 Å². The van der Waals surface area contributed by atoms with E-state index in [1.165, 1.54) is 25.3 Å². The lowest BCUT2D eigenvalue weighted by Gasteiger charge is -2.51. The van der Waals surface area contributed by atoms with Crippen LogP contribution in [0, 0.1) is 5.41 Å². The number of aliphatic hydroxyl groups is 3. The van der Waals surface area contributed by atoms with E-state index >= 15 is 0 Å². The first-order valence-electron chi connectivity index (χ1n) is 21.3. The molecule has 0 radical (unpaired) electrons. The van der Waals surface area contributed by atoms with Crippen LogP contribution in [0.5, 0.6) is 0 Å². The molecule has 0 unspecified atom stereocenters. The van der Waals surface area contributed by atoms with Gasteiger partial charge >= 0.3 is 17.9 Å². The fourth-order valence-corrected chi connectivity index (χ4v) is 7.94. The predicted molar refractivity (Wildman–Crippen MR) is 218 cm³/mol. The molecule has 18 nitrogen and oxygen atoms in total. The number of rotatable bonds is 13. The standard InChI is InChI=1S/C44H63NO17/c1-43(2)13-11-40-57-14-12-34(60-40)24-33-10-6-9-32(58-33)22-31(47)23-39(50)59-36(26-46)25-35-20-29(21-38(49)54-4)41(44(43,52)62-35)61-42(51)28-7-5-8-30(19-28)45-37(48)27-56-18-17-55-16-15-53-3/h5,7-8,11,13,19,21,31-36,40-41,46-47,52H,6,9-10,12,14-18,20,22-27H2,1-4H3,(H,45,48)/b13-11+,29-21+/t31-,32+,33-,34+,35+,36-,40+,41+,44-/m1/s1. The minimum atomic E-state index is -2.43. The molecule has 1 aromatic rings. The Bertz CT molecular complexity index is 1700. The largest absolute Gasteiger partial charge is 0.466 e. The number of ether oxygens (including phenoxy) is 10. The first kappa shape index (κ1) is 49.2. The second-order valence-electron chi connectivity index (χ2n) is 16.5. The molecule has 1 amide bonds. The Morgan fingerprint density at radius 1 is 0.935 bits per heavy atom. The van der Waals surface area contributed by atoms with Crippen molar-refractivity contribution < 1.29 is 81.9 Å². The third-order valence-corrected chi connectivity index (χ3v) is 11.2. The summed E-state index contributed by atoms with van der Waals surface area (Å²) >= 11 is 0. The lowest BCUT2D eigenvalue weighted by Crippen LogP contribution is -2.62. The zero-order chi connectivity index (χ0) is 44.7. The average molecular weight is 878 g/mol. The molecule has 0 aliphatic carbocycles. The molecule has 0 saturated carbocycles. The van der Waals surface area contributed by atoms with E-state index < -0.39 is 72.3 Å². The van der Waals surface area contributed by atoms with Crippen LogP contribution in [-0.4, -0.2) is 154 Å². The number of benzene rings is 1. The van der Waals surface area contributed by atoms with E-state index in [0.29, 0.717) is 32.7 Å². The highest BCUT2D eigenvalue weighted by molar-refractivity contribution is 5.95. The van der Waals surface area contributed by atoms with Crippen LogP contribution in [0.15, 0.2) is 48.1 Å². The minimum Gasteiger partial charge on any atom is -0.466 e. The van der Waals surface area contributed by atoms with Gasteiger partial charge in [0.05, 0.1) is 89.3 Å². The van der Waals surface area contributed by atoms with E-state index in [-0.39, 0.29) is 80.6 Å². The number of cyclic esters (lactones) is 1. The van der Waals surface area contributed by atoms with Crippen LogP contribution in [0.3, 0.4) is 0 Å². The summed E-state index contributed by atoms with van der Waals surface area (Å²) in [5.41, 5.74) is -1.07. The fourth-order valence-electron chi connectivity index (χ4n) is 7.94. The molecule has 9 atom stereocenters. The second-order valence-corrected chi connectivity index (χ2v) is 16.5. The topological polar surface area (TPSA) is 233 Å². The molecule has 0 spiro atoms. The lowest BCUT2D eigenvalue weighted by molar-refractivity contribution is -0.324. The number of fused-ring (bicyclic) bond motifs is 6. The Labute approximate surface area is 362 Å². The summed E-state index contributed by atoms with van der Waals surface area (Å²) in [5, 5.41) is 36.8. The summed E-state index contributed by atoms with van der Waals surface area (Å²) in [5.74, 6) is -5.40. The van der Waals surface area contributed by atoms with Crippen LogP contribution < -0.4 is 5.32 Å². The van der Waals surface area contributed by atoms with Crippen molar-refractivity contribution in [1.29, 1.82) is 0 Å². The Morgan fingerprint density at radius 2 is 1.68 bits per heavy atom. The van der Waals surface area contributed by atoms with Gasteiger partial charge in [0, 0.05) is 37.1 Å². The van der Waals surface area contributed by atoms with Gasteiger partial charge in [-0.25, -0.2) is 9.59 Å². The van der Waals surface area contributed by atoms with E-state index in [9.17, 15) is 34.5 Å². The van der Waals surface area contributed by atoms with Gasteiger partial charge in [0.2, 0.25) is 11.7 Å². The number of carbonyl (C=O) groups excluding carboxylic acids is 4. The third-order valence-electron chi connectivity index (χ3n) is 11.2. The zero-order valence-electron chi connectivity index (χ0n) is 36.0. The van der Waals surface area contributed by atoms with Gasteiger partial charge in [-0.1, -0.05) is 26.0 Å². The molecule has 4 heterocycles. The van der Waals surface area contributed by atoms with Crippen molar-refractivity contribution in [3.05, 3.63) is 53.6 Å². The van der Waals surface area contributed by atoms with Crippen molar-refractivity contribution in [2.45, 2.75) is 126 Å². The lowest BCUT2D eigenvalue weighted by atomic mass is 9.74. The molecule has 346 valence electrons. The van der Waals surface area contributed by atoms with Crippen molar-refractivity contribution in [3.8, 4) is 0 Å². The van der Waals surface area contributed by atoms with E-state index in [0.717, 1.165) is 25.3 Å². The van der Waals surface area contributed by atoms with Crippen molar-refractivity contribution in [1.82, 2.24) is 0 Å². The summed E-state index contributed by atoms with van der Waals surface area (Å²) in [6, 6.07) is 5.94. The second kappa shape index (κ2) is 23.7. The maximum absolute atomic E-state index is 14.0. The summed E-state index contributed by atoms with van der Waals surface area (Å²) in [6.45, 7) is 4.06. The third kappa shape index (κ3) is 14.4. The Kier molecular flexibility index (Phi) is 18.8. The highest BCUT2D eigenvalue weighted by Gasteiger charge is 2.57. The van der Waals surface area contributed by atoms with Crippen LogP contribution in [-0.2, 0) is 61.8 Å². The maximum Gasteiger partial charge on any atom is 0.339 e. The zero-order valence-corrected chi connectivity index (χ0v) is 36.0. The SMILES string of the molecule is COCCOCCOCC(=O)Nc1cccc(C(=O)O[C@H]2/C(=C/C(=O)OC)C[C@H]3C[C@H](CO)OC(=O)C[C@H](O)C[C@@H]4CCC[C@H](C[C@@H]5CCO[C@H](/C=C/C(C)(C)[C@]2(O)O3)O5)O4)c1. The van der Waals surface area contributed by atoms with Gasteiger partial charge in [-0.05, 0) is 68.4 Å². The molecule has 4 aliphatic rings. The fraction of sp³-hybridized carbons (Fsp3) is 0.682. The van der Waals surface area contributed by atoms with Gasteiger partial charge in [0.15, 0.2) is 12.4 Å². The van der Waals surface area contributed by atoms with Crippen molar-refractivity contribution in [3.63, 3.8) is 0 Å². The number of aliphatic hydroxyl groups excluding tert-OH is 2. The first-order chi connectivity index (χ1) is 29.7. The van der Waals surface area contributed by atoms with Gasteiger partial charge in [-0.15, -0.1) is 0 Å². The number of hydrogen-bond acceptors (Lipinski definition) is 17. The average Bonchev–Trinajstić information content (AvgIpc) is 3.23. The molecular weight excluding hydrogens is 814 g/mol. The molecule has 18 heteroatoms. The van der Waals surface area contributed by atoms with E-state index in [1.807, 2.05) is 0 Å². The van der Waals surface area contributed by atoms with E-state index in [2.05, 4.69) is 5.32 Å². The van der Waals surface area contributed by atoms with Gasteiger partial charge in [-0.2, -0.15) is 0 Å². The molecule has 1 aromatic carbocycles. The summed E-state index contributed by atoms with van der Waals surface area (Å²) in [4.78, 5) is 52.6. The molecule has 4 aliphatic heterocycles. The normalized spacial score (nSPS) is 31.9. The number of amides is 1. The van der Waals surface area contributed by atoms with Crippen LogP contribution in [0.25, 0.3) is 0 Å². The molecule has 3 fully saturated rings. The number of nitrogens with one attached hydrogen (secondary N) is 1. The van der Waals surface area contributed by atoms with Gasteiger partial charge in [-0.3, -0.25) is 9.59 Å².